The number of hydrogen-bond acceptors (Lipinski definition) is 4. The van der Waals surface area contributed by atoms with Gasteiger partial charge in [-0.05, 0) is 11.6 Å². The Bertz CT molecular complexity index is 194. The maximum atomic E-state index is 9.26. The Balaban J connectivity index is 2.84. The molecule has 0 aromatic rings. The molecule has 1 rings (SSSR count). The van der Waals surface area contributed by atoms with Gasteiger partial charge < -0.3 is 26.2 Å². The van der Waals surface area contributed by atoms with Gasteiger partial charge in [0.25, 0.3) is 0 Å². The fraction of sp³-hybridized carbons (Fsp3) is 0.714. The van der Waals surface area contributed by atoms with Gasteiger partial charge in [0.15, 0.2) is 0 Å². The lowest BCUT2D eigenvalue weighted by Crippen LogP contribution is -2.70. The summed E-state index contributed by atoms with van der Waals surface area (Å²) >= 11 is 0. The standard InChI is InChI=1S/C7H13NO4/c8-4-1-3(2-9)5(10)7(12)6(4)11/h1,4-7,9-12H,2,8H2/p+1/t4-,5+,6-,7-/m0/s1. The van der Waals surface area contributed by atoms with Crippen molar-refractivity contribution in [3.05, 3.63) is 11.6 Å². The maximum Gasteiger partial charge on any atom is 0.138 e. The second-order valence-corrected chi connectivity index (χ2v) is 2.99. The van der Waals surface area contributed by atoms with Gasteiger partial charge in [0.2, 0.25) is 0 Å². The lowest BCUT2D eigenvalue weighted by molar-refractivity contribution is -0.428. The Labute approximate surface area is 69.8 Å². The van der Waals surface area contributed by atoms with Gasteiger partial charge in [0.05, 0.1) is 6.61 Å². The summed E-state index contributed by atoms with van der Waals surface area (Å²) in [5, 5.41) is 36.5. The van der Waals surface area contributed by atoms with E-state index in [1.807, 2.05) is 0 Å². The molecule has 12 heavy (non-hydrogen) atoms. The van der Waals surface area contributed by atoms with Crippen molar-refractivity contribution in [2.75, 3.05) is 6.61 Å². The van der Waals surface area contributed by atoms with Crippen molar-refractivity contribution < 1.29 is 26.2 Å². The van der Waals surface area contributed by atoms with Gasteiger partial charge in [0, 0.05) is 0 Å². The zero-order valence-corrected chi connectivity index (χ0v) is 6.59. The van der Waals surface area contributed by atoms with E-state index in [1.54, 1.807) is 0 Å². The van der Waals surface area contributed by atoms with Crippen LogP contribution in [0.25, 0.3) is 0 Å². The lowest BCUT2D eigenvalue weighted by atomic mass is 9.89. The Morgan fingerprint density at radius 2 is 1.83 bits per heavy atom. The molecule has 7 N–H and O–H groups in total. The molecule has 4 atom stereocenters. The zero-order valence-electron chi connectivity index (χ0n) is 6.59. The Hall–Kier alpha value is -0.460. The van der Waals surface area contributed by atoms with E-state index in [-0.39, 0.29) is 6.61 Å². The maximum absolute atomic E-state index is 9.26. The number of quaternary nitrogens is 1. The van der Waals surface area contributed by atoms with Crippen molar-refractivity contribution in [2.45, 2.75) is 24.4 Å². The molecule has 0 amide bonds. The number of aliphatic hydroxyl groups excluding tert-OH is 4. The van der Waals surface area contributed by atoms with Crippen LogP contribution in [0.2, 0.25) is 0 Å². The van der Waals surface area contributed by atoms with Crippen LogP contribution in [0.3, 0.4) is 0 Å². The SMILES string of the molecule is [NH3+][C@H]1C=C(CO)[C@@H](O)[C@H](O)[C@H]1O. The average Bonchev–Trinajstić information content (AvgIpc) is 2.08. The van der Waals surface area contributed by atoms with Gasteiger partial charge in [-0.3, -0.25) is 0 Å². The summed E-state index contributed by atoms with van der Waals surface area (Å²) in [6.07, 6.45) is -2.01. The summed E-state index contributed by atoms with van der Waals surface area (Å²) in [7, 11) is 0. The fourth-order valence-corrected chi connectivity index (χ4v) is 1.28. The van der Waals surface area contributed by atoms with Crippen molar-refractivity contribution >= 4 is 0 Å². The first kappa shape index (κ1) is 9.63. The molecule has 5 heteroatoms. The van der Waals surface area contributed by atoms with E-state index in [9.17, 15) is 15.3 Å². The van der Waals surface area contributed by atoms with Gasteiger partial charge in [-0.2, -0.15) is 0 Å². The molecule has 0 radical (unpaired) electrons. The third-order valence-electron chi connectivity index (χ3n) is 2.10. The normalized spacial score (nSPS) is 42.6. The van der Waals surface area contributed by atoms with Gasteiger partial charge in [-0.1, -0.05) is 0 Å². The molecule has 0 fully saturated rings. The van der Waals surface area contributed by atoms with E-state index < -0.39 is 24.4 Å². The first-order valence-corrected chi connectivity index (χ1v) is 3.76. The molecule has 0 unspecified atom stereocenters. The summed E-state index contributed by atoms with van der Waals surface area (Å²) in [4.78, 5) is 0. The van der Waals surface area contributed by atoms with Crippen LogP contribution in [0.4, 0.5) is 0 Å². The van der Waals surface area contributed by atoms with Crippen LogP contribution in [0, 0.1) is 0 Å². The molecule has 0 saturated heterocycles. The van der Waals surface area contributed by atoms with Crippen LogP contribution in [0.1, 0.15) is 0 Å². The Morgan fingerprint density at radius 1 is 1.25 bits per heavy atom. The first-order chi connectivity index (χ1) is 5.57. The molecule has 1 aliphatic carbocycles. The van der Waals surface area contributed by atoms with Crippen molar-refractivity contribution in [2.24, 2.45) is 0 Å². The quantitative estimate of drug-likeness (QED) is 0.268. The van der Waals surface area contributed by atoms with E-state index in [0.29, 0.717) is 5.57 Å². The predicted molar refractivity (Wildman–Crippen MR) is 39.9 cm³/mol. The lowest BCUT2D eigenvalue weighted by Gasteiger charge is -2.30. The third kappa shape index (κ3) is 1.50. The van der Waals surface area contributed by atoms with Crippen LogP contribution in [-0.4, -0.2) is 51.4 Å². The molecule has 0 aromatic heterocycles. The second kappa shape index (κ2) is 3.51. The van der Waals surface area contributed by atoms with Crippen LogP contribution in [-0.2, 0) is 0 Å². The van der Waals surface area contributed by atoms with Gasteiger partial charge in [-0.15, -0.1) is 0 Å². The molecule has 0 spiro atoms. The summed E-state index contributed by atoms with van der Waals surface area (Å²) in [5.41, 5.74) is 3.87. The van der Waals surface area contributed by atoms with Crippen LogP contribution < -0.4 is 5.73 Å². The third-order valence-corrected chi connectivity index (χ3v) is 2.10. The highest BCUT2D eigenvalue weighted by atomic mass is 16.4. The minimum absolute atomic E-state index is 0.313. The molecular formula is C7H14NO4+. The second-order valence-electron chi connectivity index (χ2n) is 2.99. The summed E-state index contributed by atoms with van der Waals surface area (Å²) in [6, 6.07) is -0.481. The van der Waals surface area contributed by atoms with Crippen LogP contribution in [0.5, 0.6) is 0 Å². The highest BCUT2D eigenvalue weighted by Crippen LogP contribution is 2.17. The van der Waals surface area contributed by atoms with E-state index in [1.165, 1.54) is 6.08 Å². The molecule has 5 nitrogen and oxygen atoms in total. The van der Waals surface area contributed by atoms with E-state index >= 15 is 0 Å². The van der Waals surface area contributed by atoms with Gasteiger partial charge >= 0.3 is 0 Å². The molecule has 0 bridgehead atoms. The van der Waals surface area contributed by atoms with E-state index in [2.05, 4.69) is 5.73 Å². The zero-order chi connectivity index (χ0) is 9.30. The predicted octanol–water partition coefficient (Wildman–Crippen LogP) is -3.39. The fourth-order valence-electron chi connectivity index (χ4n) is 1.28. The Kier molecular flexibility index (Phi) is 2.81. The number of rotatable bonds is 1. The van der Waals surface area contributed by atoms with Crippen LogP contribution in [0.15, 0.2) is 11.6 Å². The average molecular weight is 176 g/mol. The van der Waals surface area contributed by atoms with Crippen molar-refractivity contribution in [3.63, 3.8) is 0 Å². The highest BCUT2D eigenvalue weighted by Gasteiger charge is 2.37. The highest BCUT2D eigenvalue weighted by molar-refractivity contribution is 5.19. The first-order valence-electron chi connectivity index (χ1n) is 3.76. The van der Waals surface area contributed by atoms with Gasteiger partial charge in [0.1, 0.15) is 24.4 Å². The monoisotopic (exact) mass is 176 g/mol. The number of hydrogen-bond donors (Lipinski definition) is 5. The molecular weight excluding hydrogens is 162 g/mol. The van der Waals surface area contributed by atoms with E-state index in [0.717, 1.165) is 0 Å². The van der Waals surface area contributed by atoms with Crippen molar-refractivity contribution in [3.8, 4) is 0 Å². The number of aliphatic hydroxyl groups is 4. The molecule has 0 aliphatic heterocycles. The summed E-state index contributed by atoms with van der Waals surface area (Å²) < 4.78 is 0. The molecule has 70 valence electrons. The summed E-state index contributed by atoms with van der Waals surface area (Å²) in [5.74, 6) is 0. The Morgan fingerprint density at radius 3 is 2.33 bits per heavy atom. The smallest absolute Gasteiger partial charge is 0.138 e. The molecule has 0 aromatic carbocycles. The molecule has 1 aliphatic rings. The summed E-state index contributed by atoms with van der Waals surface area (Å²) in [6.45, 7) is -0.322. The van der Waals surface area contributed by atoms with Crippen molar-refractivity contribution in [1.29, 1.82) is 0 Å². The molecule has 0 heterocycles. The minimum atomic E-state index is -1.25. The van der Waals surface area contributed by atoms with Crippen LogP contribution >= 0.6 is 0 Å². The van der Waals surface area contributed by atoms with E-state index in [4.69, 9.17) is 5.11 Å². The largest absolute Gasteiger partial charge is 0.392 e. The van der Waals surface area contributed by atoms with Gasteiger partial charge in [-0.25, -0.2) is 0 Å². The topological polar surface area (TPSA) is 109 Å². The molecule has 0 saturated carbocycles. The van der Waals surface area contributed by atoms with Crippen molar-refractivity contribution in [1.82, 2.24) is 0 Å². The minimum Gasteiger partial charge on any atom is -0.392 e.